The van der Waals surface area contributed by atoms with Crippen molar-refractivity contribution < 1.29 is 18.6 Å². The SMILES string of the molecule is NCc1cccc(F)c1Oc1ccc2c(c1)OCO2. The second-order valence-electron chi connectivity index (χ2n) is 4.05. The molecule has 0 unspecified atom stereocenters. The van der Waals surface area contributed by atoms with E-state index in [9.17, 15) is 4.39 Å². The molecule has 0 fully saturated rings. The van der Waals surface area contributed by atoms with E-state index in [1.807, 2.05) is 0 Å². The number of hydrogen-bond donors (Lipinski definition) is 1. The van der Waals surface area contributed by atoms with Gasteiger partial charge in [0.1, 0.15) is 5.75 Å². The number of ether oxygens (including phenoxy) is 3. The van der Waals surface area contributed by atoms with E-state index in [2.05, 4.69) is 0 Å². The summed E-state index contributed by atoms with van der Waals surface area (Å²) in [4.78, 5) is 0. The number of fused-ring (bicyclic) bond motifs is 1. The first-order valence-electron chi connectivity index (χ1n) is 5.83. The first kappa shape index (κ1) is 11.8. The average Bonchev–Trinajstić information content (AvgIpc) is 2.88. The van der Waals surface area contributed by atoms with E-state index in [4.69, 9.17) is 19.9 Å². The quantitative estimate of drug-likeness (QED) is 0.923. The molecule has 3 rings (SSSR count). The summed E-state index contributed by atoms with van der Waals surface area (Å²) >= 11 is 0. The molecule has 98 valence electrons. The van der Waals surface area contributed by atoms with Gasteiger partial charge in [-0.25, -0.2) is 4.39 Å². The van der Waals surface area contributed by atoms with Crippen LogP contribution in [0.25, 0.3) is 0 Å². The van der Waals surface area contributed by atoms with Gasteiger partial charge in [-0.15, -0.1) is 0 Å². The molecule has 1 aliphatic rings. The van der Waals surface area contributed by atoms with Crippen LogP contribution in [0.2, 0.25) is 0 Å². The monoisotopic (exact) mass is 261 g/mol. The van der Waals surface area contributed by atoms with Crippen LogP contribution in [0.4, 0.5) is 4.39 Å². The maximum absolute atomic E-state index is 13.8. The van der Waals surface area contributed by atoms with Crippen molar-refractivity contribution in [3.8, 4) is 23.0 Å². The lowest BCUT2D eigenvalue weighted by atomic mass is 10.2. The third kappa shape index (κ3) is 2.20. The molecule has 2 aromatic carbocycles. The lowest BCUT2D eigenvalue weighted by Crippen LogP contribution is -2.01. The zero-order chi connectivity index (χ0) is 13.2. The topological polar surface area (TPSA) is 53.7 Å². The van der Waals surface area contributed by atoms with Crippen LogP contribution in [0.3, 0.4) is 0 Å². The van der Waals surface area contributed by atoms with E-state index in [1.165, 1.54) is 6.07 Å². The van der Waals surface area contributed by atoms with Crippen LogP contribution in [-0.4, -0.2) is 6.79 Å². The second-order valence-corrected chi connectivity index (χ2v) is 4.05. The zero-order valence-corrected chi connectivity index (χ0v) is 10.1. The fourth-order valence-electron chi connectivity index (χ4n) is 1.89. The summed E-state index contributed by atoms with van der Waals surface area (Å²) in [6.07, 6.45) is 0. The van der Waals surface area contributed by atoms with Crippen LogP contribution < -0.4 is 19.9 Å². The van der Waals surface area contributed by atoms with Crippen molar-refractivity contribution in [1.82, 2.24) is 0 Å². The fourth-order valence-corrected chi connectivity index (χ4v) is 1.89. The van der Waals surface area contributed by atoms with Crippen molar-refractivity contribution in [2.24, 2.45) is 5.73 Å². The summed E-state index contributed by atoms with van der Waals surface area (Å²) in [6, 6.07) is 9.74. The van der Waals surface area contributed by atoms with Gasteiger partial charge in [0, 0.05) is 18.2 Å². The third-order valence-electron chi connectivity index (χ3n) is 2.83. The van der Waals surface area contributed by atoms with Crippen LogP contribution >= 0.6 is 0 Å². The van der Waals surface area contributed by atoms with Gasteiger partial charge in [-0.1, -0.05) is 12.1 Å². The van der Waals surface area contributed by atoms with Gasteiger partial charge in [-0.05, 0) is 18.2 Å². The van der Waals surface area contributed by atoms with Gasteiger partial charge in [0.15, 0.2) is 23.1 Å². The first-order chi connectivity index (χ1) is 9.28. The Balaban J connectivity index is 1.93. The normalized spacial score (nSPS) is 12.5. The molecule has 2 aromatic rings. The predicted octanol–water partition coefficient (Wildman–Crippen LogP) is 2.81. The fraction of sp³-hybridized carbons (Fsp3) is 0.143. The molecule has 0 aromatic heterocycles. The largest absolute Gasteiger partial charge is 0.454 e. The van der Waals surface area contributed by atoms with Crippen LogP contribution in [0, 0.1) is 5.82 Å². The Morgan fingerprint density at radius 3 is 2.84 bits per heavy atom. The Labute approximate surface area is 109 Å². The molecule has 0 atom stereocenters. The molecule has 0 bridgehead atoms. The molecule has 0 saturated carbocycles. The lowest BCUT2D eigenvalue weighted by Gasteiger charge is -2.11. The molecule has 2 N–H and O–H groups in total. The highest BCUT2D eigenvalue weighted by atomic mass is 19.1. The number of nitrogens with two attached hydrogens (primary N) is 1. The van der Waals surface area contributed by atoms with Gasteiger partial charge in [-0.3, -0.25) is 0 Å². The number of rotatable bonds is 3. The summed E-state index contributed by atoms with van der Waals surface area (Å²) in [7, 11) is 0. The Hall–Kier alpha value is -2.27. The summed E-state index contributed by atoms with van der Waals surface area (Å²) in [5, 5.41) is 0. The molecule has 1 heterocycles. The van der Waals surface area contributed by atoms with Crippen LogP contribution in [0.15, 0.2) is 36.4 Å². The van der Waals surface area contributed by atoms with E-state index in [-0.39, 0.29) is 19.1 Å². The third-order valence-corrected chi connectivity index (χ3v) is 2.83. The zero-order valence-electron chi connectivity index (χ0n) is 10.1. The van der Waals surface area contributed by atoms with E-state index in [0.717, 1.165) is 0 Å². The summed E-state index contributed by atoms with van der Waals surface area (Å²) in [6.45, 7) is 0.393. The average molecular weight is 261 g/mol. The van der Waals surface area contributed by atoms with Gasteiger partial charge in [0.2, 0.25) is 6.79 Å². The highest BCUT2D eigenvalue weighted by Crippen LogP contribution is 2.37. The van der Waals surface area contributed by atoms with Crippen molar-refractivity contribution >= 4 is 0 Å². The minimum absolute atomic E-state index is 0.142. The van der Waals surface area contributed by atoms with Gasteiger partial charge < -0.3 is 19.9 Å². The van der Waals surface area contributed by atoms with Crippen molar-refractivity contribution in [3.05, 3.63) is 47.8 Å². The Bertz CT molecular complexity index is 616. The summed E-state index contributed by atoms with van der Waals surface area (Å²) < 4.78 is 29.8. The summed E-state index contributed by atoms with van der Waals surface area (Å²) in [5.41, 5.74) is 6.18. The van der Waals surface area contributed by atoms with Crippen molar-refractivity contribution in [2.75, 3.05) is 6.79 Å². The van der Waals surface area contributed by atoms with Crippen molar-refractivity contribution in [3.63, 3.8) is 0 Å². The van der Waals surface area contributed by atoms with Gasteiger partial charge in [0.25, 0.3) is 0 Å². The second kappa shape index (κ2) is 4.78. The van der Waals surface area contributed by atoms with Crippen molar-refractivity contribution in [2.45, 2.75) is 6.54 Å². The maximum Gasteiger partial charge on any atom is 0.231 e. The van der Waals surface area contributed by atoms with Crippen LogP contribution in [0.5, 0.6) is 23.0 Å². The van der Waals surface area contributed by atoms with E-state index >= 15 is 0 Å². The van der Waals surface area contributed by atoms with Crippen LogP contribution in [0.1, 0.15) is 5.56 Å². The molecule has 0 saturated heterocycles. The highest BCUT2D eigenvalue weighted by molar-refractivity contribution is 5.48. The minimum atomic E-state index is -0.444. The number of para-hydroxylation sites is 1. The molecule has 1 aliphatic heterocycles. The molecule has 5 heteroatoms. The molecular formula is C14H12FNO3. The lowest BCUT2D eigenvalue weighted by molar-refractivity contribution is 0.174. The number of hydrogen-bond acceptors (Lipinski definition) is 4. The highest BCUT2D eigenvalue weighted by Gasteiger charge is 2.16. The smallest absolute Gasteiger partial charge is 0.231 e. The Morgan fingerprint density at radius 1 is 1.16 bits per heavy atom. The molecule has 4 nitrogen and oxygen atoms in total. The standard InChI is InChI=1S/C14H12FNO3/c15-11-3-1-2-9(7-16)14(11)19-10-4-5-12-13(6-10)18-8-17-12/h1-6H,7-8,16H2. The van der Waals surface area contributed by atoms with E-state index in [0.29, 0.717) is 22.8 Å². The molecule has 0 spiro atoms. The maximum atomic E-state index is 13.8. The van der Waals surface area contributed by atoms with Gasteiger partial charge in [0.05, 0.1) is 0 Å². The Morgan fingerprint density at radius 2 is 2.00 bits per heavy atom. The molecular weight excluding hydrogens is 249 g/mol. The number of halogens is 1. The first-order valence-corrected chi connectivity index (χ1v) is 5.83. The number of benzene rings is 2. The van der Waals surface area contributed by atoms with Crippen molar-refractivity contribution in [1.29, 1.82) is 0 Å². The molecule has 0 aliphatic carbocycles. The van der Waals surface area contributed by atoms with Crippen LogP contribution in [-0.2, 0) is 6.54 Å². The van der Waals surface area contributed by atoms with Gasteiger partial charge in [-0.2, -0.15) is 0 Å². The van der Waals surface area contributed by atoms with E-state index in [1.54, 1.807) is 30.3 Å². The molecule has 19 heavy (non-hydrogen) atoms. The summed E-state index contributed by atoms with van der Waals surface area (Å²) in [5.74, 6) is 1.41. The van der Waals surface area contributed by atoms with E-state index < -0.39 is 5.82 Å². The van der Waals surface area contributed by atoms with Gasteiger partial charge >= 0.3 is 0 Å². The predicted molar refractivity (Wildman–Crippen MR) is 66.9 cm³/mol. The Kier molecular flexibility index (Phi) is 2.97. The molecule has 0 amide bonds. The minimum Gasteiger partial charge on any atom is -0.454 e. The molecule has 0 radical (unpaired) electrons.